The highest BCUT2D eigenvalue weighted by atomic mass is 32.2. The lowest BCUT2D eigenvalue weighted by Crippen LogP contribution is -2.44. The summed E-state index contributed by atoms with van der Waals surface area (Å²) in [6, 6.07) is 4.17. The Balaban J connectivity index is 2.16. The van der Waals surface area contributed by atoms with Crippen LogP contribution in [0, 0.1) is 18.7 Å². The van der Waals surface area contributed by atoms with Crippen LogP contribution < -0.4 is 4.72 Å². The lowest BCUT2D eigenvalue weighted by atomic mass is 10.0. The monoisotopic (exact) mass is 316 g/mol. The molecule has 21 heavy (non-hydrogen) atoms. The summed E-state index contributed by atoms with van der Waals surface area (Å²) in [6.45, 7) is 1.83. The standard InChI is InChI=1S/C13H17FN2O4S/c1-9-4-5-12(11(14)7-9)15-21(19,20)16-6-2-3-10(8-16)13(17)18/h4-5,7,10,15H,2-3,6,8H2,1H3,(H,17,18). The van der Waals surface area contributed by atoms with Crippen molar-refractivity contribution in [1.29, 1.82) is 0 Å². The highest BCUT2D eigenvalue weighted by molar-refractivity contribution is 7.90. The first kappa shape index (κ1) is 15.7. The van der Waals surface area contributed by atoms with E-state index >= 15 is 0 Å². The smallest absolute Gasteiger partial charge is 0.307 e. The molecule has 1 fully saturated rings. The summed E-state index contributed by atoms with van der Waals surface area (Å²) in [7, 11) is -3.96. The number of hydrogen-bond donors (Lipinski definition) is 2. The summed E-state index contributed by atoms with van der Waals surface area (Å²) in [5.41, 5.74) is 0.539. The van der Waals surface area contributed by atoms with Crippen molar-refractivity contribution in [2.24, 2.45) is 5.92 Å². The molecule has 116 valence electrons. The molecule has 2 rings (SSSR count). The Hall–Kier alpha value is -1.67. The molecular formula is C13H17FN2O4S. The van der Waals surface area contributed by atoms with Gasteiger partial charge in [0.1, 0.15) is 5.82 Å². The Morgan fingerprint density at radius 2 is 2.19 bits per heavy atom. The molecule has 1 heterocycles. The number of benzene rings is 1. The van der Waals surface area contributed by atoms with Crippen molar-refractivity contribution in [3.63, 3.8) is 0 Å². The average Bonchev–Trinajstić information content (AvgIpc) is 2.42. The first-order valence-corrected chi connectivity index (χ1v) is 8.00. The molecule has 1 aromatic rings. The Morgan fingerprint density at radius 3 is 2.81 bits per heavy atom. The van der Waals surface area contributed by atoms with Gasteiger partial charge in [0.2, 0.25) is 0 Å². The first-order chi connectivity index (χ1) is 9.79. The van der Waals surface area contributed by atoms with Gasteiger partial charge in [-0.15, -0.1) is 0 Å². The quantitative estimate of drug-likeness (QED) is 0.883. The van der Waals surface area contributed by atoms with Crippen LogP contribution in [0.4, 0.5) is 10.1 Å². The van der Waals surface area contributed by atoms with Crippen LogP contribution in [-0.4, -0.2) is 36.9 Å². The number of aryl methyl sites for hydroxylation is 1. The van der Waals surface area contributed by atoms with Crippen molar-refractivity contribution in [2.45, 2.75) is 19.8 Å². The molecule has 1 saturated heterocycles. The number of aliphatic carboxylic acids is 1. The second-order valence-electron chi connectivity index (χ2n) is 5.13. The van der Waals surface area contributed by atoms with Crippen LogP contribution in [0.5, 0.6) is 0 Å². The van der Waals surface area contributed by atoms with E-state index in [1.807, 2.05) is 0 Å². The van der Waals surface area contributed by atoms with Gasteiger partial charge in [0.15, 0.2) is 0 Å². The van der Waals surface area contributed by atoms with E-state index < -0.39 is 27.9 Å². The van der Waals surface area contributed by atoms with Gasteiger partial charge in [0, 0.05) is 13.1 Å². The van der Waals surface area contributed by atoms with Gasteiger partial charge in [0.25, 0.3) is 0 Å². The van der Waals surface area contributed by atoms with Gasteiger partial charge in [-0.1, -0.05) is 6.07 Å². The van der Waals surface area contributed by atoms with Gasteiger partial charge in [-0.2, -0.15) is 12.7 Å². The Labute approximate surface area is 122 Å². The van der Waals surface area contributed by atoms with E-state index in [2.05, 4.69) is 4.72 Å². The number of anilines is 1. The molecule has 0 aliphatic carbocycles. The zero-order chi connectivity index (χ0) is 15.6. The van der Waals surface area contributed by atoms with Gasteiger partial charge in [-0.25, -0.2) is 4.39 Å². The fraction of sp³-hybridized carbons (Fsp3) is 0.462. The summed E-state index contributed by atoms with van der Waals surface area (Å²) in [4.78, 5) is 11.0. The lowest BCUT2D eigenvalue weighted by molar-refractivity contribution is -0.142. The number of nitrogens with zero attached hydrogens (tertiary/aromatic N) is 1. The molecule has 0 aromatic heterocycles. The van der Waals surface area contributed by atoms with Gasteiger partial charge >= 0.3 is 16.2 Å². The highest BCUT2D eigenvalue weighted by Gasteiger charge is 2.32. The van der Waals surface area contributed by atoms with Gasteiger partial charge < -0.3 is 5.11 Å². The van der Waals surface area contributed by atoms with E-state index in [-0.39, 0.29) is 18.8 Å². The molecule has 0 radical (unpaired) electrons. The molecule has 0 bridgehead atoms. The molecule has 8 heteroatoms. The maximum atomic E-state index is 13.7. The largest absolute Gasteiger partial charge is 0.481 e. The molecule has 1 aromatic carbocycles. The second kappa shape index (κ2) is 5.98. The molecule has 1 atom stereocenters. The van der Waals surface area contributed by atoms with Crippen LogP contribution in [0.3, 0.4) is 0 Å². The Bertz CT molecular complexity index is 648. The molecule has 1 unspecified atom stereocenters. The molecule has 0 spiro atoms. The molecule has 1 aliphatic rings. The van der Waals surface area contributed by atoms with Gasteiger partial charge in [-0.3, -0.25) is 9.52 Å². The lowest BCUT2D eigenvalue weighted by Gasteiger charge is -2.30. The first-order valence-electron chi connectivity index (χ1n) is 6.56. The SMILES string of the molecule is Cc1ccc(NS(=O)(=O)N2CCCC(C(=O)O)C2)c(F)c1. The topological polar surface area (TPSA) is 86.7 Å². The Morgan fingerprint density at radius 1 is 1.48 bits per heavy atom. The minimum Gasteiger partial charge on any atom is -0.481 e. The van der Waals surface area contributed by atoms with Gasteiger partial charge in [0.05, 0.1) is 11.6 Å². The number of halogens is 1. The van der Waals surface area contributed by atoms with Crippen molar-refractivity contribution >= 4 is 21.9 Å². The molecule has 0 saturated carbocycles. The number of carboxylic acids is 1. The number of carboxylic acid groups (broad SMARTS) is 1. The maximum Gasteiger partial charge on any atom is 0.307 e. The third-order valence-corrected chi connectivity index (χ3v) is 4.93. The average molecular weight is 316 g/mol. The molecule has 6 nitrogen and oxygen atoms in total. The third kappa shape index (κ3) is 3.70. The van der Waals surface area contributed by atoms with E-state index in [1.54, 1.807) is 13.0 Å². The van der Waals surface area contributed by atoms with Crippen molar-refractivity contribution in [3.05, 3.63) is 29.6 Å². The predicted molar refractivity (Wildman–Crippen MR) is 75.6 cm³/mol. The fourth-order valence-electron chi connectivity index (χ4n) is 2.27. The van der Waals surface area contributed by atoms with Crippen molar-refractivity contribution in [2.75, 3.05) is 17.8 Å². The molecular weight excluding hydrogens is 299 g/mol. The summed E-state index contributed by atoms with van der Waals surface area (Å²) >= 11 is 0. The van der Waals surface area contributed by atoms with E-state index in [0.717, 1.165) is 4.31 Å². The number of hydrogen-bond acceptors (Lipinski definition) is 3. The molecule has 0 amide bonds. The highest BCUT2D eigenvalue weighted by Crippen LogP contribution is 2.22. The fourth-order valence-corrected chi connectivity index (χ4v) is 3.59. The van der Waals surface area contributed by atoms with Crippen LogP contribution in [0.2, 0.25) is 0 Å². The molecule has 2 N–H and O–H groups in total. The summed E-state index contributed by atoms with van der Waals surface area (Å²) in [6.07, 6.45) is 0.911. The number of nitrogens with one attached hydrogen (secondary N) is 1. The van der Waals surface area contributed by atoms with Crippen molar-refractivity contribution < 1.29 is 22.7 Å². The summed E-state index contributed by atoms with van der Waals surface area (Å²) in [5, 5.41) is 8.98. The number of carbonyl (C=O) groups is 1. The van der Waals surface area contributed by atoms with E-state index in [1.165, 1.54) is 12.1 Å². The maximum absolute atomic E-state index is 13.7. The van der Waals surface area contributed by atoms with Crippen LogP contribution in [0.25, 0.3) is 0 Å². The summed E-state index contributed by atoms with van der Waals surface area (Å²) < 4.78 is 41.4. The predicted octanol–water partition coefficient (Wildman–Crippen LogP) is 1.59. The third-order valence-electron chi connectivity index (χ3n) is 3.44. The Kier molecular flexibility index (Phi) is 4.48. The van der Waals surface area contributed by atoms with Crippen molar-refractivity contribution in [1.82, 2.24) is 4.31 Å². The summed E-state index contributed by atoms with van der Waals surface area (Å²) in [5.74, 6) is -2.40. The van der Waals surface area contributed by atoms with E-state index in [4.69, 9.17) is 5.11 Å². The van der Waals surface area contributed by atoms with Crippen LogP contribution in [-0.2, 0) is 15.0 Å². The number of piperidine rings is 1. The van der Waals surface area contributed by atoms with E-state index in [9.17, 15) is 17.6 Å². The van der Waals surface area contributed by atoms with Crippen LogP contribution >= 0.6 is 0 Å². The normalized spacial score (nSPS) is 20.2. The zero-order valence-electron chi connectivity index (χ0n) is 11.5. The van der Waals surface area contributed by atoms with Crippen LogP contribution in [0.1, 0.15) is 18.4 Å². The molecule has 1 aliphatic heterocycles. The number of rotatable bonds is 4. The van der Waals surface area contributed by atoms with Crippen molar-refractivity contribution in [3.8, 4) is 0 Å². The zero-order valence-corrected chi connectivity index (χ0v) is 12.4. The van der Waals surface area contributed by atoms with Crippen LogP contribution in [0.15, 0.2) is 18.2 Å². The second-order valence-corrected chi connectivity index (χ2v) is 6.80. The van der Waals surface area contributed by atoms with Gasteiger partial charge in [-0.05, 0) is 37.5 Å². The van der Waals surface area contributed by atoms with E-state index in [0.29, 0.717) is 18.4 Å². The minimum atomic E-state index is -3.96. The minimum absolute atomic E-state index is 0.0991.